The molecule has 0 amide bonds. The first-order chi connectivity index (χ1) is 8.04. The zero-order chi connectivity index (χ0) is 12.8. The van der Waals surface area contributed by atoms with Crippen LogP contribution in [-0.4, -0.2) is 23.1 Å². The van der Waals surface area contributed by atoms with Crippen molar-refractivity contribution in [3.05, 3.63) is 22.8 Å². The smallest absolute Gasteiger partial charge is 0.129 e. The number of hydrogen-bond donors (Lipinski definition) is 1. The molecule has 1 rings (SSSR count). The fourth-order valence-corrected chi connectivity index (χ4v) is 2.02. The monoisotopic (exact) mass is 235 g/mol. The highest BCUT2D eigenvalue weighted by atomic mass is 14.9. The first-order valence-corrected chi connectivity index (χ1v) is 6.58. The number of likely N-dealkylation sites (N-methyl/N-ethyl adjacent to an activating group) is 1. The Bertz CT molecular complexity index is 335. The van der Waals surface area contributed by atoms with Gasteiger partial charge in [0.2, 0.25) is 0 Å². The van der Waals surface area contributed by atoms with E-state index in [0.29, 0.717) is 5.92 Å². The van der Waals surface area contributed by atoms with E-state index in [1.807, 2.05) is 0 Å². The van der Waals surface area contributed by atoms with E-state index < -0.39 is 0 Å². The second-order valence-corrected chi connectivity index (χ2v) is 4.99. The van der Waals surface area contributed by atoms with Gasteiger partial charge in [0.05, 0.1) is 0 Å². The molecule has 0 radical (unpaired) electrons. The van der Waals surface area contributed by atoms with Crippen molar-refractivity contribution in [2.75, 3.05) is 13.1 Å². The Hall–Kier alpha value is -0.960. The predicted molar refractivity (Wildman–Crippen MR) is 72.3 cm³/mol. The minimum absolute atomic E-state index is 0.612. The summed E-state index contributed by atoms with van der Waals surface area (Å²) in [5.41, 5.74) is 3.59. The van der Waals surface area contributed by atoms with Crippen molar-refractivity contribution in [1.29, 1.82) is 0 Å². The van der Waals surface area contributed by atoms with Crippen LogP contribution in [0.1, 0.15) is 43.5 Å². The van der Waals surface area contributed by atoms with Crippen molar-refractivity contribution in [2.24, 2.45) is 5.92 Å². The summed E-state index contributed by atoms with van der Waals surface area (Å²) in [6, 6.07) is 0. The summed E-state index contributed by atoms with van der Waals surface area (Å²) in [4.78, 5) is 9.23. The van der Waals surface area contributed by atoms with Crippen LogP contribution < -0.4 is 5.32 Å². The van der Waals surface area contributed by atoms with Crippen LogP contribution in [0.3, 0.4) is 0 Å². The first kappa shape index (κ1) is 14.1. The maximum absolute atomic E-state index is 4.61. The standard InChI is InChI=1S/C14H25N3/c1-6-15-8-7-13-11(4)16-14(9-10(2)3)17-12(13)5/h10,15H,6-9H2,1-5H3. The third-order valence-electron chi connectivity index (χ3n) is 2.86. The molecule has 0 atom stereocenters. The van der Waals surface area contributed by atoms with Crippen LogP contribution in [0.15, 0.2) is 0 Å². The second kappa shape index (κ2) is 6.70. The molecule has 0 saturated heterocycles. The molecular weight excluding hydrogens is 210 g/mol. The summed E-state index contributed by atoms with van der Waals surface area (Å²) in [6.07, 6.45) is 1.99. The zero-order valence-electron chi connectivity index (χ0n) is 11.8. The van der Waals surface area contributed by atoms with Gasteiger partial charge in [0.1, 0.15) is 5.82 Å². The van der Waals surface area contributed by atoms with Crippen LogP contribution >= 0.6 is 0 Å². The fraction of sp³-hybridized carbons (Fsp3) is 0.714. The zero-order valence-corrected chi connectivity index (χ0v) is 11.8. The van der Waals surface area contributed by atoms with Gasteiger partial charge in [-0.15, -0.1) is 0 Å². The largest absolute Gasteiger partial charge is 0.317 e. The third kappa shape index (κ3) is 4.43. The van der Waals surface area contributed by atoms with E-state index in [9.17, 15) is 0 Å². The highest BCUT2D eigenvalue weighted by Gasteiger charge is 2.09. The number of aryl methyl sites for hydroxylation is 2. The van der Waals surface area contributed by atoms with E-state index in [0.717, 1.165) is 43.1 Å². The summed E-state index contributed by atoms with van der Waals surface area (Å²) in [5.74, 6) is 1.60. The van der Waals surface area contributed by atoms with Gasteiger partial charge in [-0.25, -0.2) is 9.97 Å². The molecule has 96 valence electrons. The molecule has 3 heteroatoms. The van der Waals surface area contributed by atoms with Crippen molar-refractivity contribution in [1.82, 2.24) is 15.3 Å². The molecule has 1 N–H and O–H groups in total. The van der Waals surface area contributed by atoms with Crippen LogP contribution in [0, 0.1) is 19.8 Å². The van der Waals surface area contributed by atoms with Gasteiger partial charge in [0.25, 0.3) is 0 Å². The number of nitrogens with one attached hydrogen (secondary N) is 1. The molecule has 17 heavy (non-hydrogen) atoms. The minimum atomic E-state index is 0.612. The Balaban J connectivity index is 2.79. The van der Waals surface area contributed by atoms with Gasteiger partial charge in [-0.3, -0.25) is 0 Å². The molecule has 1 heterocycles. The molecular formula is C14H25N3. The topological polar surface area (TPSA) is 37.8 Å². The Kier molecular flexibility index (Phi) is 5.56. The molecule has 0 aliphatic heterocycles. The Morgan fingerprint density at radius 3 is 2.18 bits per heavy atom. The van der Waals surface area contributed by atoms with E-state index in [-0.39, 0.29) is 0 Å². The molecule has 3 nitrogen and oxygen atoms in total. The Morgan fingerprint density at radius 2 is 1.71 bits per heavy atom. The van der Waals surface area contributed by atoms with Gasteiger partial charge in [0, 0.05) is 17.8 Å². The van der Waals surface area contributed by atoms with Crippen molar-refractivity contribution >= 4 is 0 Å². The summed E-state index contributed by atoms with van der Waals surface area (Å²) in [5, 5.41) is 3.34. The molecule has 0 bridgehead atoms. The van der Waals surface area contributed by atoms with Crippen molar-refractivity contribution < 1.29 is 0 Å². The second-order valence-electron chi connectivity index (χ2n) is 4.99. The Labute approximate surface area is 105 Å². The number of nitrogens with zero attached hydrogens (tertiary/aromatic N) is 2. The van der Waals surface area contributed by atoms with Crippen molar-refractivity contribution in [2.45, 2.75) is 47.5 Å². The molecule has 1 aromatic heterocycles. The highest BCUT2D eigenvalue weighted by Crippen LogP contribution is 2.12. The predicted octanol–water partition coefficient (Wildman–Crippen LogP) is 2.44. The van der Waals surface area contributed by atoms with Crippen LogP contribution in [0.5, 0.6) is 0 Å². The average Bonchev–Trinajstić information content (AvgIpc) is 2.21. The maximum atomic E-state index is 4.61. The average molecular weight is 235 g/mol. The van der Waals surface area contributed by atoms with Crippen LogP contribution in [0.4, 0.5) is 0 Å². The first-order valence-electron chi connectivity index (χ1n) is 6.58. The van der Waals surface area contributed by atoms with E-state index in [4.69, 9.17) is 0 Å². The van der Waals surface area contributed by atoms with E-state index in [1.165, 1.54) is 5.56 Å². The van der Waals surface area contributed by atoms with Gasteiger partial charge in [0.15, 0.2) is 0 Å². The maximum Gasteiger partial charge on any atom is 0.129 e. The lowest BCUT2D eigenvalue weighted by atomic mass is 10.1. The number of rotatable bonds is 6. The normalized spacial score (nSPS) is 11.2. The molecule has 0 unspecified atom stereocenters. The van der Waals surface area contributed by atoms with Gasteiger partial charge in [-0.2, -0.15) is 0 Å². The summed E-state index contributed by atoms with van der Waals surface area (Å²) >= 11 is 0. The lowest BCUT2D eigenvalue weighted by Gasteiger charge is -2.12. The molecule has 0 aromatic carbocycles. The number of hydrogen-bond acceptors (Lipinski definition) is 3. The Morgan fingerprint density at radius 1 is 1.12 bits per heavy atom. The van der Waals surface area contributed by atoms with Crippen LogP contribution in [0.2, 0.25) is 0 Å². The van der Waals surface area contributed by atoms with E-state index in [1.54, 1.807) is 0 Å². The van der Waals surface area contributed by atoms with Crippen molar-refractivity contribution in [3.63, 3.8) is 0 Å². The van der Waals surface area contributed by atoms with Gasteiger partial charge >= 0.3 is 0 Å². The van der Waals surface area contributed by atoms with Crippen LogP contribution in [0.25, 0.3) is 0 Å². The molecule has 1 aromatic rings. The minimum Gasteiger partial charge on any atom is -0.317 e. The molecule has 0 aliphatic carbocycles. The summed E-state index contributed by atoms with van der Waals surface area (Å²) in [6.45, 7) is 12.7. The van der Waals surface area contributed by atoms with Gasteiger partial charge < -0.3 is 5.32 Å². The SMILES string of the molecule is CCNCCc1c(C)nc(CC(C)C)nc1C. The van der Waals surface area contributed by atoms with E-state index >= 15 is 0 Å². The molecule has 0 aliphatic rings. The number of aromatic nitrogens is 2. The van der Waals surface area contributed by atoms with E-state index in [2.05, 4.69) is 49.9 Å². The highest BCUT2D eigenvalue weighted by molar-refractivity contribution is 5.24. The molecule has 0 fully saturated rings. The van der Waals surface area contributed by atoms with Gasteiger partial charge in [-0.05, 0) is 44.8 Å². The lowest BCUT2D eigenvalue weighted by molar-refractivity contribution is 0.613. The fourth-order valence-electron chi connectivity index (χ4n) is 2.02. The molecule has 0 spiro atoms. The van der Waals surface area contributed by atoms with Crippen molar-refractivity contribution in [3.8, 4) is 0 Å². The summed E-state index contributed by atoms with van der Waals surface area (Å²) < 4.78 is 0. The van der Waals surface area contributed by atoms with Gasteiger partial charge in [-0.1, -0.05) is 20.8 Å². The quantitative estimate of drug-likeness (QED) is 0.770. The third-order valence-corrected chi connectivity index (χ3v) is 2.86. The summed E-state index contributed by atoms with van der Waals surface area (Å²) in [7, 11) is 0. The molecule has 0 saturated carbocycles. The lowest BCUT2D eigenvalue weighted by Crippen LogP contribution is -2.18. The van der Waals surface area contributed by atoms with Crippen LogP contribution in [-0.2, 0) is 12.8 Å².